The largest absolute Gasteiger partial charge is 0.455 e. The van der Waals surface area contributed by atoms with Gasteiger partial charge in [0.05, 0.1) is 4.88 Å². The van der Waals surface area contributed by atoms with Gasteiger partial charge in [-0.05, 0) is 23.8 Å². The van der Waals surface area contributed by atoms with Crippen LogP contribution in [0, 0.1) is 5.82 Å². The zero-order valence-electron chi connectivity index (χ0n) is 10.9. The van der Waals surface area contributed by atoms with Crippen molar-refractivity contribution in [2.24, 2.45) is 0 Å². The van der Waals surface area contributed by atoms with E-state index in [4.69, 9.17) is 0 Å². The Labute approximate surface area is 126 Å². The number of fused-ring (bicyclic) bond motifs is 1. The molecule has 0 aliphatic carbocycles. The Balaban J connectivity index is 2.30. The first kappa shape index (κ1) is 14.7. The maximum Gasteiger partial charge on any atom is 0.455 e. The summed E-state index contributed by atoms with van der Waals surface area (Å²) in [5.41, 5.74) is 0.578. The minimum Gasteiger partial charge on any atom is -0.283 e. The number of alkyl halides is 3. The van der Waals surface area contributed by atoms with Gasteiger partial charge in [-0.2, -0.15) is 13.2 Å². The second-order valence-corrected chi connectivity index (χ2v) is 5.69. The summed E-state index contributed by atoms with van der Waals surface area (Å²) >= 11 is 0.795. The van der Waals surface area contributed by atoms with Crippen LogP contribution in [-0.4, -0.2) is 12.0 Å². The van der Waals surface area contributed by atoms with Crippen LogP contribution in [0.2, 0.25) is 0 Å². The maximum absolute atomic E-state index is 13.0. The van der Waals surface area contributed by atoms with Crippen LogP contribution < -0.4 is 0 Å². The fraction of sp³-hybridized carbons (Fsp3) is 0.0625. The first-order chi connectivity index (χ1) is 10.4. The van der Waals surface area contributed by atoms with Crippen molar-refractivity contribution >= 4 is 27.2 Å². The Hall–Kier alpha value is -2.21. The molecule has 0 aliphatic rings. The van der Waals surface area contributed by atoms with Crippen molar-refractivity contribution in [1.29, 1.82) is 0 Å². The van der Waals surface area contributed by atoms with Crippen LogP contribution in [0.25, 0.3) is 21.2 Å². The molecule has 0 saturated carbocycles. The minimum atomic E-state index is -4.95. The molecule has 0 saturated heterocycles. The quantitative estimate of drug-likeness (QED) is 0.452. The lowest BCUT2D eigenvalue weighted by Crippen LogP contribution is -2.22. The number of hydrogen-bond donors (Lipinski definition) is 0. The van der Waals surface area contributed by atoms with Gasteiger partial charge >= 0.3 is 6.18 Å². The fourth-order valence-electron chi connectivity index (χ4n) is 2.24. The van der Waals surface area contributed by atoms with E-state index in [1.807, 2.05) is 0 Å². The van der Waals surface area contributed by atoms with E-state index in [2.05, 4.69) is 0 Å². The van der Waals surface area contributed by atoms with Gasteiger partial charge in [-0.1, -0.05) is 30.3 Å². The summed E-state index contributed by atoms with van der Waals surface area (Å²) in [6.07, 6.45) is -4.95. The number of ketones is 1. The molecule has 0 spiro atoms. The van der Waals surface area contributed by atoms with Crippen LogP contribution in [-0.2, 0) is 0 Å². The molecule has 3 rings (SSSR count). The molecule has 0 unspecified atom stereocenters. The average Bonchev–Trinajstić information content (AvgIpc) is 2.85. The van der Waals surface area contributed by atoms with Gasteiger partial charge in [-0.3, -0.25) is 4.79 Å². The molecule has 1 heterocycles. The van der Waals surface area contributed by atoms with E-state index < -0.39 is 17.8 Å². The number of carbonyl (C=O) groups is 1. The van der Waals surface area contributed by atoms with Gasteiger partial charge in [0, 0.05) is 15.6 Å². The summed E-state index contributed by atoms with van der Waals surface area (Å²) in [5, 5.41) is 0.548. The summed E-state index contributed by atoms with van der Waals surface area (Å²) in [4.78, 5) is 11.3. The number of halogens is 4. The SMILES string of the molecule is O=C(c1sc2ccccc2c1-c1ccc(F)cc1)C(F)(F)F. The highest BCUT2D eigenvalue weighted by Gasteiger charge is 2.42. The van der Waals surface area contributed by atoms with Gasteiger partial charge in [0.1, 0.15) is 5.82 Å². The zero-order chi connectivity index (χ0) is 15.9. The number of carbonyl (C=O) groups excluding carboxylic acids is 1. The Morgan fingerprint density at radius 2 is 1.59 bits per heavy atom. The molecule has 112 valence electrons. The van der Waals surface area contributed by atoms with Crippen molar-refractivity contribution < 1.29 is 22.4 Å². The molecule has 1 aromatic heterocycles. The lowest BCUT2D eigenvalue weighted by atomic mass is 10.0. The predicted octanol–water partition coefficient (Wildman–Crippen LogP) is 5.45. The van der Waals surface area contributed by atoms with Gasteiger partial charge in [0.2, 0.25) is 0 Å². The van der Waals surface area contributed by atoms with E-state index in [0.717, 1.165) is 23.5 Å². The first-order valence-electron chi connectivity index (χ1n) is 6.27. The van der Waals surface area contributed by atoms with Crippen molar-refractivity contribution in [3.63, 3.8) is 0 Å². The molecular formula is C16H8F4OS. The summed E-state index contributed by atoms with van der Waals surface area (Å²) in [6, 6.07) is 11.7. The van der Waals surface area contributed by atoms with Crippen LogP contribution in [0.3, 0.4) is 0 Å². The van der Waals surface area contributed by atoms with E-state index >= 15 is 0 Å². The summed E-state index contributed by atoms with van der Waals surface area (Å²) in [6.45, 7) is 0. The first-order valence-corrected chi connectivity index (χ1v) is 7.08. The number of thiophene rings is 1. The molecule has 0 aliphatic heterocycles. The van der Waals surface area contributed by atoms with Crippen LogP contribution in [0.5, 0.6) is 0 Å². The van der Waals surface area contributed by atoms with Gasteiger partial charge in [-0.15, -0.1) is 11.3 Å². The Morgan fingerprint density at radius 3 is 2.23 bits per heavy atom. The van der Waals surface area contributed by atoms with Crippen LogP contribution >= 0.6 is 11.3 Å². The highest BCUT2D eigenvalue weighted by atomic mass is 32.1. The number of benzene rings is 2. The van der Waals surface area contributed by atoms with Crippen molar-refractivity contribution in [2.75, 3.05) is 0 Å². The van der Waals surface area contributed by atoms with E-state index in [1.165, 1.54) is 12.1 Å². The molecule has 3 aromatic rings. The van der Waals surface area contributed by atoms with Crippen molar-refractivity contribution in [1.82, 2.24) is 0 Å². The van der Waals surface area contributed by atoms with Crippen LogP contribution in [0.15, 0.2) is 48.5 Å². The van der Waals surface area contributed by atoms with Crippen LogP contribution in [0.1, 0.15) is 9.67 Å². The Morgan fingerprint density at radius 1 is 0.955 bits per heavy atom. The number of hydrogen-bond acceptors (Lipinski definition) is 2. The normalized spacial score (nSPS) is 11.8. The lowest BCUT2D eigenvalue weighted by molar-refractivity contribution is -0.0882. The van der Waals surface area contributed by atoms with E-state index in [9.17, 15) is 22.4 Å². The predicted molar refractivity (Wildman–Crippen MR) is 77.6 cm³/mol. The molecule has 22 heavy (non-hydrogen) atoms. The Bertz CT molecular complexity index is 847. The highest BCUT2D eigenvalue weighted by Crippen LogP contribution is 2.41. The molecule has 6 heteroatoms. The third-order valence-electron chi connectivity index (χ3n) is 3.19. The summed E-state index contributed by atoms with van der Waals surface area (Å²) in [5.74, 6) is -2.37. The highest BCUT2D eigenvalue weighted by molar-refractivity contribution is 7.21. The standard InChI is InChI=1S/C16H8F4OS/c17-10-7-5-9(6-8-10)13-11-3-1-2-4-12(11)22-14(13)15(21)16(18,19)20/h1-8H. The van der Waals surface area contributed by atoms with Gasteiger partial charge in [0.15, 0.2) is 0 Å². The van der Waals surface area contributed by atoms with Crippen LogP contribution in [0.4, 0.5) is 17.6 Å². The second-order valence-electron chi connectivity index (χ2n) is 4.64. The number of rotatable bonds is 2. The molecule has 1 nitrogen and oxygen atoms in total. The third-order valence-corrected chi connectivity index (χ3v) is 4.36. The molecule has 0 atom stereocenters. The topological polar surface area (TPSA) is 17.1 Å². The van der Waals surface area contributed by atoms with Crippen molar-refractivity contribution in [2.45, 2.75) is 6.18 Å². The number of Topliss-reactive ketones (excluding diaryl/α,β-unsaturated/α-hetero) is 1. The second kappa shape index (κ2) is 5.21. The molecular weight excluding hydrogens is 316 g/mol. The molecule has 2 aromatic carbocycles. The minimum absolute atomic E-state index is 0.197. The molecule has 0 bridgehead atoms. The van der Waals surface area contributed by atoms with E-state index in [1.54, 1.807) is 24.3 Å². The van der Waals surface area contributed by atoms with Crippen molar-refractivity contribution in [3.05, 3.63) is 59.2 Å². The third kappa shape index (κ3) is 2.50. The summed E-state index contributed by atoms with van der Waals surface area (Å²) < 4.78 is 52.1. The maximum atomic E-state index is 13.0. The molecule has 0 amide bonds. The molecule has 0 fully saturated rings. The monoisotopic (exact) mass is 324 g/mol. The van der Waals surface area contributed by atoms with Crippen molar-refractivity contribution in [3.8, 4) is 11.1 Å². The van der Waals surface area contributed by atoms with Gasteiger partial charge < -0.3 is 0 Å². The summed E-state index contributed by atoms with van der Waals surface area (Å²) in [7, 11) is 0. The van der Waals surface area contributed by atoms with E-state index in [-0.39, 0.29) is 10.4 Å². The zero-order valence-corrected chi connectivity index (χ0v) is 11.8. The van der Waals surface area contributed by atoms with Gasteiger partial charge in [-0.25, -0.2) is 4.39 Å². The Kier molecular flexibility index (Phi) is 3.48. The lowest BCUT2D eigenvalue weighted by Gasteiger charge is -2.07. The average molecular weight is 324 g/mol. The van der Waals surface area contributed by atoms with E-state index in [0.29, 0.717) is 15.6 Å². The molecule has 0 radical (unpaired) electrons. The smallest absolute Gasteiger partial charge is 0.283 e. The molecule has 0 N–H and O–H groups in total. The van der Waals surface area contributed by atoms with Gasteiger partial charge in [0.25, 0.3) is 5.78 Å². The fourth-order valence-corrected chi connectivity index (χ4v) is 3.42.